The molecule has 0 aliphatic carbocycles. The summed E-state index contributed by atoms with van der Waals surface area (Å²) in [7, 11) is -2.63. The van der Waals surface area contributed by atoms with E-state index in [2.05, 4.69) is 0 Å². The number of hydrogen-bond donors (Lipinski definition) is 0. The van der Waals surface area contributed by atoms with Crippen LogP contribution in [0, 0.1) is 5.92 Å². The zero-order valence-corrected chi connectivity index (χ0v) is 5.87. The van der Waals surface area contributed by atoms with E-state index < -0.39 is 9.84 Å². The Balaban J connectivity index is 2.43. The first-order chi connectivity index (χ1) is 3.64. The monoisotopic (exact) mass is 154 g/mol. The van der Waals surface area contributed by atoms with Crippen molar-refractivity contribution in [2.75, 3.05) is 17.4 Å². The minimum atomic E-state index is -2.63. The maximum Gasteiger partial charge on any atom is 0.151 e. The van der Waals surface area contributed by atoms with Crippen molar-refractivity contribution in [3.63, 3.8) is 0 Å². The van der Waals surface area contributed by atoms with Gasteiger partial charge < -0.3 is 0 Å². The molecule has 48 valence electrons. The summed E-state index contributed by atoms with van der Waals surface area (Å²) < 4.78 is 20.8. The molecule has 0 spiro atoms. The van der Waals surface area contributed by atoms with Gasteiger partial charge in [0.05, 0.1) is 11.5 Å². The van der Waals surface area contributed by atoms with E-state index in [-0.39, 0.29) is 5.92 Å². The molecule has 1 aliphatic rings. The Morgan fingerprint density at radius 1 is 1.50 bits per heavy atom. The molecule has 1 aliphatic heterocycles. The molecule has 1 rings (SSSR count). The molecule has 2 nitrogen and oxygen atoms in total. The zero-order valence-electron chi connectivity index (χ0n) is 4.30. The number of rotatable bonds is 1. The lowest BCUT2D eigenvalue weighted by molar-refractivity contribution is 0.544. The van der Waals surface area contributed by atoms with Crippen molar-refractivity contribution in [1.29, 1.82) is 0 Å². The summed E-state index contributed by atoms with van der Waals surface area (Å²) in [5, 5.41) is 0. The molecule has 0 saturated carbocycles. The Labute approximate surface area is 53.8 Å². The summed E-state index contributed by atoms with van der Waals surface area (Å²) >= 11 is 5.37. The zero-order chi connectivity index (χ0) is 6.20. The fraction of sp³-hybridized carbons (Fsp3) is 1.00. The minimum Gasteiger partial charge on any atom is -0.229 e. The SMILES string of the molecule is O=S1(=O)CC(CCl)C1. The second-order valence-corrected chi connectivity index (χ2v) is 4.56. The third-order valence-electron chi connectivity index (χ3n) is 1.20. The maximum atomic E-state index is 10.4. The van der Waals surface area contributed by atoms with E-state index in [4.69, 9.17) is 11.6 Å². The Morgan fingerprint density at radius 2 is 2.00 bits per heavy atom. The summed E-state index contributed by atoms with van der Waals surface area (Å²) in [5.41, 5.74) is 0. The lowest BCUT2D eigenvalue weighted by atomic mass is 10.2. The molecular weight excluding hydrogens is 148 g/mol. The van der Waals surface area contributed by atoms with Crippen LogP contribution in [0.4, 0.5) is 0 Å². The second kappa shape index (κ2) is 1.88. The molecule has 4 heteroatoms. The molecule has 8 heavy (non-hydrogen) atoms. The maximum absolute atomic E-state index is 10.4. The lowest BCUT2D eigenvalue weighted by Gasteiger charge is -2.22. The molecule has 0 aromatic heterocycles. The topological polar surface area (TPSA) is 34.1 Å². The van der Waals surface area contributed by atoms with Gasteiger partial charge in [0.25, 0.3) is 0 Å². The predicted octanol–water partition coefficient (Wildman–Crippen LogP) is 0.270. The summed E-state index contributed by atoms with van der Waals surface area (Å²) in [5.74, 6) is 1.33. The van der Waals surface area contributed by atoms with Crippen LogP contribution in [0.2, 0.25) is 0 Å². The largest absolute Gasteiger partial charge is 0.229 e. The molecule has 0 atom stereocenters. The molecule has 0 bridgehead atoms. The number of sulfone groups is 1. The molecule has 1 saturated heterocycles. The van der Waals surface area contributed by atoms with E-state index in [9.17, 15) is 8.42 Å². The molecule has 0 radical (unpaired) electrons. The fourth-order valence-electron chi connectivity index (χ4n) is 0.759. The Bertz CT molecular complexity index is 160. The van der Waals surface area contributed by atoms with Gasteiger partial charge in [-0.05, 0) is 0 Å². The van der Waals surface area contributed by atoms with Crippen LogP contribution in [-0.4, -0.2) is 25.8 Å². The van der Waals surface area contributed by atoms with E-state index in [1.54, 1.807) is 0 Å². The normalized spacial score (nSPS) is 27.1. The smallest absolute Gasteiger partial charge is 0.151 e. The van der Waals surface area contributed by atoms with Gasteiger partial charge >= 0.3 is 0 Å². The quantitative estimate of drug-likeness (QED) is 0.508. The van der Waals surface area contributed by atoms with E-state index in [0.717, 1.165) is 0 Å². The first-order valence-electron chi connectivity index (χ1n) is 2.40. The summed E-state index contributed by atoms with van der Waals surface area (Å²) in [6, 6.07) is 0. The lowest BCUT2D eigenvalue weighted by Crippen LogP contribution is -2.37. The minimum absolute atomic E-state index is 0.238. The van der Waals surface area contributed by atoms with Gasteiger partial charge in [0.1, 0.15) is 0 Å². The van der Waals surface area contributed by atoms with E-state index in [0.29, 0.717) is 17.4 Å². The molecule has 0 N–H and O–H groups in total. The van der Waals surface area contributed by atoms with Crippen molar-refractivity contribution in [3.8, 4) is 0 Å². The second-order valence-electron chi connectivity index (χ2n) is 2.10. The predicted molar refractivity (Wildman–Crippen MR) is 32.9 cm³/mol. The van der Waals surface area contributed by atoms with Crippen molar-refractivity contribution < 1.29 is 8.42 Å². The standard InChI is InChI=1S/C4H7ClO2S/c5-1-4-2-8(6,7)3-4/h4H,1-3H2. The molecule has 1 fully saturated rings. The van der Waals surface area contributed by atoms with Gasteiger partial charge in [0.2, 0.25) is 0 Å². The van der Waals surface area contributed by atoms with Crippen molar-refractivity contribution in [2.45, 2.75) is 0 Å². The molecule has 1 heterocycles. The summed E-state index contributed by atoms with van der Waals surface area (Å²) in [4.78, 5) is 0. The first-order valence-corrected chi connectivity index (χ1v) is 4.76. The highest BCUT2D eigenvalue weighted by Gasteiger charge is 2.31. The van der Waals surface area contributed by atoms with Crippen molar-refractivity contribution in [3.05, 3.63) is 0 Å². The van der Waals surface area contributed by atoms with Crippen LogP contribution >= 0.6 is 11.6 Å². The van der Waals surface area contributed by atoms with Gasteiger partial charge in [0.15, 0.2) is 9.84 Å². The van der Waals surface area contributed by atoms with Gasteiger partial charge in [-0.3, -0.25) is 0 Å². The van der Waals surface area contributed by atoms with Crippen LogP contribution in [0.15, 0.2) is 0 Å². The van der Waals surface area contributed by atoms with Crippen molar-refractivity contribution in [2.24, 2.45) is 5.92 Å². The Hall–Kier alpha value is 0.240. The fourth-order valence-corrected chi connectivity index (χ4v) is 2.81. The molecular formula is C4H7ClO2S. The van der Waals surface area contributed by atoms with Gasteiger partial charge in [0, 0.05) is 11.8 Å². The Kier molecular flexibility index (Phi) is 1.50. The van der Waals surface area contributed by atoms with E-state index >= 15 is 0 Å². The van der Waals surface area contributed by atoms with Gasteiger partial charge in [-0.2, -0.15) is 0 Å². The van der Waals surface area contributed by atoms with E-state index in [1.807, 2.05) is 0 Å². The van der Waals surface area contributed by atoms with Crippen molar-refractivity contribution in [1.82, 2.24) is 0 Å². The molecule has 0 amide bonds. The van der Waals surface area contributed by atoms with Crippen LogP contribution in [-0.2, 0) is 9.84 Å². The van der Waals surface area contributed by atoms with Gasteiger partial charge in [-0.25, -0.2) is 8.42 Å². The highest BCUT2D eigenvalue weighted by atomic mass is 35.5. The molecule has 0 unspecified atom stereocenters. The third kappa shape index (κ3) is 1.14. The van der Waals surface area contributed by atoms with Crippen molar-refractivity contribution >= 4 is 21.4 Å². The highest BCUT2D eigenvalue weighted by molar-refractivity contribution is 7.92. The third-order valence-corrected chi connectivity index (χ3v) is 3.59. The number of hydrogen-bond acceptors (Lipinski definition) is 2. The summed E-state index contributed by atoms with van der Waals surface area (Å²) in [6.07, 6.45) is 0. The van der Waals surface area contributed by atoms with E-state index in [1.165, 1.54) is 0 Å². The Morgan fingerprint density at radius 3 is 2.12 bits per heavy atom. The van der Waals surface area contributed by atoms with Crippen LogP contribution in [0.25, 0.3) is 0 Å². The first kappa shape index (κ1) is 6.36. The van der Waals surface area contributed by atoms with Crippen LogP contribution in [0.3, 0.4) is 0 Å². The highest BCUT2D eigenvalue weighted by Crippen LogP contribution is 2.18. The average molecular weight is 155 g/mol. The number of halogens is 1. The average Bonchev–Trinajstić information content (AvgIpc) is 1.60. The van der Waals surface area contributed by atoms with Gasteiger partial charge in [-0.15, -0.1) is 11.6 Å². The van der Waals surface area contributed by atoms with Gasteiger partial charge in [-0.1, -0.05) is 0 Å². The van der Waals surface area contributed by atoms with Crippen LogP contribution in [0.1, 0.15) is 0 Å². The van der Waals surface area contributed by atoms with Crippen LogP contribution < -0.4 is 0 Å². The summed E-state index contributed by atoms with van der Waals surface area (Å²) in [6.45, 7) is 0. The van der Waals surface area contributed by atoms with Crippen LogP contribution in [0.5, 0.6) is 0 Å². The number of alkyl halides is 1. The molecule has 0 aromatic rings. The molecule has 0 aromatic carbocycles.